The molecule has 0 saturated heterocycles. The average molecular weight is 386 g/mol. The number of hydrogen-bond acceptors (Lipinski definition) is 3. The summed E-state index contributed by atoms with van der Waals surface area (Å²) in [5.41, 5.74) is 2.65. The van der Waals surface area contributed by atoms with Gasteiger partial charge in [-0.05, 0) is 29.7 Å². The number of aromatic amines is 1. The molecule has 5 rings (SSSR count). The molecule has 0 fully saturated rings. The van der Waals surface area contributed by atoms with Gasteiger partial charge in [-0.25, -0.2) is 4.98 Å². The zero-order chi connectivity index (χ0) is 20.1. The molecule has 0 aliphatic carbocycles. The van der Waals surface area contributed by atoms with Crippen LogP contribution in [0.2, 0.25) is 0 Å². The molecule has 1 unspecified atom stereocenters. The van der Waals surface area contributed by atoms with Crippen molar-refractivity contribution in [2.45, 2.75) is 33.0 Å². The van der Waals surface area contributed by atoms with Crippen molar-refractivity contribution >= 4 is 27.7 Å². The minimum atomic E-state index is -0.548. The van der Waals surface area contributed by atoms with Gasteiger partial charge < -0.3 is 9.88 Å². The molecule has 3 heterocycles. The van der Waals surface area contributed by atoms with Crippen LogP contribution in [0.4, 0.5) is 0 Å². The van der Waals surface area contributed by atoms with E-state index in [0.29, 0.717) is 29.8 Å². The Bertz CT molecular complexity index is 1300. The van der Waals surface area contributed by atoms with Gasteiger partial charge in [0.05, 0.1) is 17.4 Å². The Hall–Kier alpha value is -3.41. The summed E-state index contributed by atoms with van der Waals surface area (Å²) in [6.07, 6.45) is 1.96. The number of benzene rings is 2. The van der Waals surface area contributed by atoms with Gasteiger partial charge in [0.1, 0.15) is 11.9 Å². The predicted molar refractivity (Wildman–Crippen MR) is 112 cm³/mol. The highest BCUT2D eigenvalue weighted by atomic mass is 16.2. The van der Waals surface area contributed by atoms with Crippen molar-refractivity contribution in [3.63, 3.8) is 0 Å². The van der Waals surface area contributed by atoms with Gasteiger partial charge in [-0.2, -0.15) is 0 Å². The van der Waals surface area contributed by atoms with E-state index in [9.17, 15) is 9.59 Å². The van der Waals surface area contributed by atoms with Crippen molar-refractivity contribution < 1.29 is 4.79 Å². The third-order valence-electron chi connectivity index (χ3n) is 5.72. The Morgan fingerprint density at radius 2 is 1.79 bits per heavy atom. The van der Waals surface area contributed by atoms with Crippen LogP contribution in [0, 0.1) is 5.92 Å². The van der Waals surface area contributed by atoms with Gasteiger partial charge in [-0.3, -0.25) is 14.2 Å². The molecule has 0 spiro atoms. The van der Waals surface area contributed by atoms with Crippen molar-refractivity contribution in [2.24, 2.45) is 5.92 Å². The van der Waals surface area contributed by atoms with E-state index >= 15 is 0 Å². The number of aromatic nitrogens is 3. The number of fused-ring (bicyclic) bond motifs is 3. The summed E-state index contributed by atoms with van der Waals surface area (Å²) in [4.78, 5) is 36.4. The zero-order valence-corrected chi connectivity index (χ0v) is 16.4. The normalized spacial score (nSPS) is 16.7. The fourth-order valence-corrected chi connectivity index (χ4v) is 4.32. The second-order valence-electron chi connectivity index (χ2n) is 7.96. The van der Waals surface area contributed by atoms with E-state index in [2.05, 4.69) is 11.1 Å². The van der Waals surface area contributed by atoms with Crippen LogP contribution in [0.3, 0.4) is 0 Å². The van der Waals surface area contributed by atoms with Gasteiger partial charge in [0.25, 0.3) is 5.56 Å². The summed E-state index contributed by atoms with van der Waals surface area (Å²) in [5, 5.41) is 1.66. The van der Waals surface area contributed by atoms with Gasteiger partial charge in [0.2, 0.25) is 5.91 Å². The van der Waals surface area contributed by atoms with Crippen LogP contribution in [0.1, 0.15) is 31.3 Å². The summed E-state index contributed by atoms with van der Waals surface area (Å²) in [5.74, 6) is 0.594. The fourth-order valence-electron chi connectivity index (χ4n) is 4.32. The van der Waals surface area contributed by atoms with Crippen LogP contribution in [0.5, 0.6) is 0 Å². The first-order valence-corrected chi connectivity index (χ1v) is 9.88. The topological polar surface area (TPSA) is 71.0 Å². The first-order valence-electron chi connectivity index (χ1n) is 9.88. The fraction of sp³-hybridized carbons (Fsp3) is 0.261. The summed E-state index contributed by atoms with van der Waals surface area (Å²) < 4.78 is 1.61. The Labute approximate surface area is 167 Å². The van der Waals surface area contributed by atoms with E-state index in [4.69, 9.17) is 4.98 Å². The molecule has 4 aromatic rings. The molecule has 6 nitrogen and oxygen atoms in total. The quantitative estimate of drug-likeness (QED) is 0.585. The van der Waals surface area contributed by atoms with Crippen LogP contribution in [0.15, 0.2) is 59.5 Å². The van der Waals surface area contributed by atoms with E-state index in [1.165, 1.54) is 0 Å². The second kappa shape index (κ2) is 6.58. The first kappa shape index (κ1) is 17.7. The predicted octanol–water partition coefficient (Wildman–Crippen LogP) is 3.62. The van der Waals surface area contributed by atoms with Gasteiger partial charge >= 0.3 is 0 Å². The number of para-hydroxylation sites is 2. The number of hydrogen-bond donors (Lipinski definition) is 1. The number of carbonyl (C=O) groups excluding carboxylic acids is 1. The minimum absolute atomic E-state index is 0.0207. The molecule has 1 atom stereocenters. The standard InChI is InChI=1S/C23H22N4O2/c1-14(2)21-23(29)26(12-15-11-24-18-9-5-3-7-16(15)18)13-20-25-19-10-6-4-8-17(19)22(28)27(20)21/h3-11,14,21,24H,12-13H2,1-2H3. The molecule has 0 bridgehead atoms. The van der Waals surface area contributed by atoms with Gasteiger partial charge in [0.15, 0.2) is 0 Å². The lowest BCUT2D eigenvalue weighted by molar-refractivity contribution is -0.140. The molecule has 1 aliphatic rings. The lowest BCUT2D eigenvalue weighted by atomic mass is 9.99. The van der Waals surface area contributed by atoms with Crippen molar-refractivity contribution in [1.82, 2.24) is 19.4 Å². The Kier molecular flexibility index (Phi) is 4.01. The summed E-state index contributed by atoms with van der Waals surface area (Å²) >= 11 is 0. The lowest BCUT2D eigenvalue weighted by Crippen LogP contribution is -2.48. The molecule has 0 radical (unpaired) electrons. The Morgan fingerprint density at radius 1 is 1.07 bits per heavy atom. The number of rotatable bonds is 3. The maximum atomic E-state index is 13.4. The van der Waals surface area contributed by atoms with Crippen molar-refractivity contribution in [1.29, 1.82) is 0 Å². The SMILES string of the molecule is CC(C)C1C(=O)N(Cc2c[nH]c3ccccc23)Cc2nc3ccccc3c(=O)n21. The Balaban J connectivity index is 1.62. The van der Waals surface area contributed by atoms with Gasteiger partial charge in [-0.15, -0.1) is 0 Å². The summed E-state index contributed by atoms with van der Waals surface area (Å²) in [6, 6.07) is 14.9. The highest BCUT2D eigenvalue weighted by molar-refractivity contribution is 5.86. The third-order valence-corrected chi connectivity index (χ3v) is 5.72. The number of nitrogens with one attached hydrogen (secondary N) is 1. The number of H-pyrrole nitrogens is 1. The van der Waals surface area contributed by atoms with Gasteiger partial charge in [-0.1, -0.05) is 44.2 Å². The van der Waals surface area contributed by atoms with Crippen LogP contribution >= 0.6 is 0 Å². The van der Waals surface area contributed by atoms with E-state index in [1.54, 1.807) is 10.6 Å². The van der Waals surface area contributed by atoms with Crippen LogP contribution < -0.4 is 5.56 Å². The molecule has 1 aliphatic heterocycles. The monoisotopic (exact) mass is 386 g/mol. The molecule has 2 aromatic heterocycles. The van der Waals surface area contributed by atoms with Crippen molar-refractivity contribution in [2.75, 3.05) is 0 Å². The number of amides is 1. The molecule has 2 aromatic carbocycles. The van der Waals surface area contributed by atoms with E-state index in [1.807, 2.05) is 61.3 Å². The largest absolute Gasteiger partial charge is 0.361 e. The van der Waals surface area contributed by atoms with Crippen LogP contribution in [0.25, 0.3) is 21.8 Å². The molecule has 1 amide bonds. The molecular formula is C23H22N4O2. The maximum absolute atomic E-state index is 13.4. The van der Waals surface area contributed by atoms with Crippen LogP contribution in [-0.2, 0) is 17.9 Å². The summed E-state index contributed by atoms with van der Waals surface area (Å²) in [6.45, 7) is 4.75. The average Bonchev–Trinajstić information content (AvgIpc) is 3.12. The van der Waals surface area contributed by atoms with Crippen LogP contribution in [-0.4, -0.2) is 25.3 Å². The molecule has 146 valence electrons. The smallest absolute Gasteiger partial charge is 0.262 e. The van der Waals surface area contributed by atoms with Crippen molar-refractivity contribution in [3.8, 4) is 0 Å². The third kappa shape index (κ3) is 2.75. The molecule has 1 N–H and O–H groups in total. The molecule has 29 heavy (non-hydrogen) atoms. The highest BCUT2D eigenvalue weighted by Gasteiger charge is 2.37. The van der Waals surface area contributed by atoms with E-state index in [0.717, 1.165) is 16.5 Å². The minimum Gasteiger partial charge on any atom is -0.361 e. The first-order chi connectivity index (χ1) is 14.0. The molecular weight excluding hydrogens is 364 g/mol. The second-order valence-corrected chi connectivity index (χ2v) is 7.96. The lowest BCUT2D eigenvalue weighted by Gasteiger charge is -2.36. The number of carbonyl (C=O) groups is 1. The summed E-state index contributed by atoms with van der Waals surface area (Å²) in [7, 11) is 0. The van der Waals surface area contributed by atoms with E-state index < -0.39 is 6.04 Å². The number of nitrogens with zero attached hydrogens (tertiary/aromatic N) is 3. The van der Waals surface area contributed by atoms with Gasteiger partial charge in [0, 0.05) is 23.6 Å². The highest BCUT2D eigenvalue weighted by Crippen LogP contribution is 2.29. The molecule has 6 heteroatoms. The molecule has 0 saturated carbocycles. The van der Waals surface area contributed by atoms with Crippen molar-refractivity contribution in [3.05, 3.63) is 76.5 Å². The van der Waals surface area contributed by atoms with E-state index in [-0.39, 0.29) is 17.4 Å². The zero-order valence-electron chi connectivity index (χ0n) is 16.4. The maximum Gasteiger partial charge on any atom is 0.262 e. The Morgan fingerprint density at radius 3 is 2.59 bits per heavy atom.